The first kappa shape index (κ1) is 14.0. The molecule has 5 heteroatoms. The molecule has 1 saturated heterocycles. The van der Waals surface area contributed by atoms with Gasteiger partial charge in [-0.15, -0.1) is 0 Å². The molecule has 5 nitrogen and oxygen atoms in total. The Morgan fingerprint density at radius 2 is 2.21 bits per heavy atom. The zero-order valence-corrected chi connectivity index (χ0v) is 11.7. The summed E-state index contributed by atoms with van der Waals surface area (Å²) in [6, 6.07) is 5.25. The van der Waals surface area contributed by atoms with E-state index in [0.717, 1.165) is 5.69 Å². The second-order valence-corrected chi connectivity index (χ2v) is 5.65. The van der Waals surface area contributed by atoms with Crippen LogP contribution < -0.4 is 0 Å². The molecule has 1 N–H and O–H groups in total. The molecule has 1 atom stereocenters. The number of hydrogen-bond acceptors (Lipinski definition) is 4. The molecule has 19 heavy (non-hydrogen) atoms. The van der Waals surface area contributed by atoms with Crippen LogP contribution in [0.25, 0.3) is 0 Å². The average molecular weight is 263 g/mol. The number of hydrogen-bond donors (Lipinski definition) is 1. The Labute approximate surface area is 113 Å². The van der Waals surface area contributed by atoms with Crippen LogP contribution in [0.15, 0.2) is 24.4 Å². The number of aliphatic hydroxyl groups excluding tert-OH is 1. The lowest BCUT2D eigenvalue weighted by Crippen LogP contribution is -2.66. The van der Waals surface area contributed by atoms with Crippen LogP contribution in [-0.2, 0) is 11.3 Å². The third kappa shape index (κ3) is 2.77. The second kappa shape index (κ2) is 5.27. The molecule has 0 aromatic carbocycles. The van der Waals surface area contributed by atoms with Crippen molar-refractivity contribution >= 4 is 5.91 Å². The van der Waals surface area contributed by atoms with Gasteiger partial charge >= 0.3 is 0 Å². The fraction of sp³-hybridized carbons (Fsp3) is 0.571. The molecule has 1 aromatic rings. The molecule has 1 unspecified atom stereocenters. The van der Waals surface area contributed by atoms with Gasteiger partial charge in [0.1, 0.15) is 6.04 Å². The lowest BCUT2D eigenvalue weighted by molar-refractivity contribution is -0.151. The zero-order valence-electron chi connectivity index (χ0n) is 11.7. The summed E-state index contributed by atoms with van der Waals surface area (Å²) in [6.45, 7) is 5.22. The summed E-state index contributed by atoms with van der Waals surface area (Å²) >= 11 is 0. The van der Waals surface area contributed by atoms with Crippen molar-refractivity contribution in [3.8, 4) is 0 Å². The van der Waals surface area contributed by atoms with Gasteiger partial charge in [-0.05, 0) is 26.0 Å². The fourth-order valence-corrected chi connectivity index (χ4v) is 2.73. The van der Waals surface area contributed by atoms with Gasteiger partial charge in [0, 0.05) is 31.9 Å². The highest BCUT2D eigenvalue weighted by Crippen LogP contribution is 2.26. The fourth-order valence-electron chi connectivity index (χ4n) is 2.73. The van der Waals surface area contributed by atoms with Crippen molar-refractivity contribution < 1.29 is 9.90 Å². The molecular weight excluding hydrogens is 242 g/mol. The van der Waals surface area contributed by atoms with E-state index in [1.165, 1.54) is 0 Å². The largest absolute Gasteiger partial charge is 0.394 e. The van der Waals surface area contributed by atoms with E-state index < -0.39 is 6.04 Å². The van der Waals surface area contributed by atoms with Crippen LogP contribution >= 0.6 is 0 Å². The number of carbonyl (C=O) groups is 1. The number of aromatic nitrogens is 1. The Kier molecular flexibility index (Phi) is 3.87. The van der Waals surface area contributed by atoms with Gasteiger partial charge in [-0.2, -0.15) is 0 Å². The molecule has 0 radical (unpaired) electrons. The van der Waals surface area contributed by atoms with Crippen LogP contribution in [-0.4, -0.2) is 57.6 Å². The molecule has 0 bridgehead atoms. The molecule has 1 aromatic heterocycles. The molecule has 2 heterocycles. The number of rotatable bonds is 3. The first-order valence-corrected chi connectivity index (χ1v) is 6.48. The SMILES string of the molecule is CN1CC(C)(C)N(Cc2ccccn2)C(CO)C1=O. The van der Waals surface area contributed by atoms with E-state index in [0.29, 0.717) is 13.1 Å². The van der Waals surface area contributed by atoms with Gasteiger partial charge in [-0.25, -0.2) is 0 Å². The van der Waals surface area contributed by atoms with E-state index >= 15 is 0 Å². The maximum absolute atomic E-state index is 12.1. The highest BCUT2D eigenvalue weighted by Gasteiger charge is 2.43. The Bertz CT molecular complexity index is 447. The number of nitrogens with zero attached hydrogens (tertiary/aromatic N) is 3. The van der Waals surface area contributed by atoms with E-state index in [4.69, 9.17) is 0 Å². The van der Waals surface area contributed by atoms with Gasteiger partial charge in [0.25, 0.3) is 0 Å². The maximum Gasteiger partial charge on any atom is 0.242 e. The molecule has 1 aliphatic rings. The average Bonchev–Trinajstić information content (AvgIpc) is 2.37. The van der Waals surface area contributed by atoms with Gasteiger partial charge < -0.3 is 10.0 Å². The number of carbonyl (C=O) groups excluding carboxylic acids is 1. The summed E-state index contributed by atoms with van der Waals surface area (Å²) in [6.07, 6.45) is 1.74. The number of amides is 1. The summed E-state index contributed by atoms with van der Waals surface area (Å²) in [5.41, 5.74) is 0.722. The standard InChI is InChI=1S/C14H21N3O2/c1-14(2)10-16(3)13(19)12(9-18)17(14)8-11-6-4-5-7-15-11/h4-7,12,18H,8-10H2,1-3H3. The van der Waals surface area contributed by atoms with Crippen LogP contribution in [0, 0.1) is 0 Å². The number of likely N-dealkylation sites (N-methyl/N-ethyl adjacent to an activating group) is 1. The summed E-state index contributed by atoms with van der Waals surface area (Å²) < 4.78 is 0. The van der Waals surface area contributed by atoms with E-state index in [9.17, 15) is 9.90 Å². The number of pyridine rings is 1. The van der Waals surface area contributed by atoms with Crippen LogP contribution in [0.2, 0.25) is 0 Å². The van der Waals surface area contributed by atoms with Gasteiger partial charge in [0.15, 0.2) is 0 Å². The first-order chi connectivity index (χ1) is 8.95. The van der Waals surface area contributed by atoms with Crippen molar-refractivity contribution in [1.82, 2.24) is 14.8 Å². The van der Waals surface area contributed by atoms with E-state index in [1.54, 1.807) is 18.1 Å². The van der Waals surface area contributed by atoms with Gasteiger partial charge in [0.05, 0.1) is 12.3 Å². The van der Waals surface area contributed by atoms with Crippen molar-refractivity contribution in [1.29, 1.82) is 0 Å². The maximum atomic E-state index is 12.1. The van der Waals surface area contributed by atoms with Gasteiger partial charge in [0.2, 0.25) is 5.91 Å². The van der Waals surface area contributed by atoms with Crippen molar-refractivity contribution in [3.63, 3.8) is 0 Å². The van der Waals surface area contributed by atoms with Crippen molar-refractivity contribution in [2.24, 2.45) is 0 Å². The van der Waals surface area contributed by atoms with Crippen molar-refractivity contribution in [2.45, 2.75) is 32.0 Å². The Morgan fingerprint density at radius 1 is 1.47 bits per heavy atom. The molecule has 0 aliphatic carbocycles. The Balaban J connectivity index is 2.26. The molecule has 1 amide bonds. The third-order valence-electron chi connectivity index (χ3n) is 3.67. The predicted octanol–water partition coefficient (Wildman–Crippen LogP) is 0.495. The van der Waals surface area contributed by atoms with Crippen LogP contribution in [0.5, 0.6) is 0 Å². The summed E-state index contributed by atoms with van der Waals surface area (Å²) in [5, 5.41) is 9.55. The monoisotopic (exact) mass is 263 g/mol. The summed E-state index contributed by atoms with van der Waals surface area (Å²) in [7, 11) is 1.78. The lowest BCUT2D eigenvalue weighted by atomic mass is 9.94. The normalized spacial score (nSPS) is 23.7. The molecule has 1 aliphatic heterocycles. The first-order valence-electron chi connectivity index (χ1n) is 6.48. The molecule has 104 valence electrons. The van der Waals surface area contributed by atoms with Crippen LogP contribution in [0.3, 0.4) is 0 Å². The minimum atomic E-state index is -0.490. The minimum absolute atomic E-state index is 0.0299. The van der Waals surface area contributed by atoms with E-state index in [2.05, 4.69) is 18.8 Å². The zero-order chi connectivity index (χ0) is 14.0. The minimum Gasteiger partial charge on any atom is -0.394 e. The van der Waals surface area contributed by atoms with Gasteiger partial charge in [-0.1, -0.05) is 6.07 Å². The predicted molar refractivity (Wildman–Crippen MR) is 72.4 cm³/mol. The Morgan fingerprint density at radius 3 is 2.79 bits per heavy atom. The smallest absolute Gasteiger partial charge is 0.242 e. The molecular formula is C14H21N3O2. The molecule has 2 rings (SSSR count). The van der Waals surface area contributed by atoms with Crippen LogP contribution in [0.4, 0.5) is 0 Å². The Hall–Kier alpha value is -1.46. The molecule has 1 fully saturated rings. The van der Waals surface area contributed by atoms with Crippen LogP contribution in [0.1, 0.15) is 19.5 Å². The lowest BCUT2D eigenvalue weighted by Gasteiger charge is -2.49. The second-order valence-electron chi connectivity index (χ2n) is 5.65. The molecule has 0 spiro atoms. The topological polar surface area (TPSA) is 56.7 Å². The van der Waals surface area contributed by atoms with E-state index in [1.807, 2.05) is 23.1 Å². The number of piperazine rings is 1. The number of aliphatic hydroxyl groups is 1. The van der Waals surface area contributed by atoms with Gasteiger partial charge in [-0.3, -0.25) is 14.7 Å². The summed E-state index contributed by atoms with van der Waals surface area (Å²) in [4.78, 5) is 20.2. The highest BCUT2D eigenvalue weighted by atomic mass is 16.3. The molecule has 0 saturated carbocycles. The van der Waals surface area contributed by atoms with Crippen molar-refractivity contribution in [2.75, 3.05) is 20.2 Å². The summed E-state index contributed by atoms with van der Waals surface area (Å²) in [5.74, 6) is -0.0299. The van der Waals surface area contributed by atoms with E-state index in [-0.39, 0.29) is 18.1 Å². The highest BCUT2D eigenvalue weighted by molar-refractivity contribution is 5.83. The third-order valence-corrected chi connectivity index (χ3v) is 3.67. The van der Waals surface area contributed by atoms with Crippen molar-refractivity contribution in [3.05, 3.63) is 30.1 Å². The quantitative estimate of drug-likeness (QED) is 0.862.